The van der Waals surface area contributed by atoms with Gasteiger partial charge in [-0.05, 0) is 50.8 Å². The molecule has 0 bridgehead atoms. The van der Waals surface area contributed by atoms with Crippen LogP contribution < -0.4 is 5.73 Å². The molecule has 0 fully saturated rings. The van der Waals surface area contributed by atoms with Gasteiger partial charge < -0.3 is 5.73 Å². The Kier molecular flexibility index (Phi) is 3.72. The minimum absolute atomic E-state index is 0.125. The van der Waals surface area contributed by atoms with Gasteiger partial charge in [0, 0.05) is 12.0 Å². The van der Waals surface area contributed by atoms with E-state index >= 15 is 0 Å². The Hall–Kier alpha value is -1.34. The molecule has 0 saturated heterocycles. The smallest absolute Gasteiger partial charge is 0.0303 e. The van der Waals surface area contributed by atoms with E-state index in [9.17, 15) is 0 Å². The molecule has 96 valence electrons. The predicted molar refractivity (Wildman–Crippen MR) is 78.2 cm³/mol. The van der Waals surface area contributed by atoms with Crippen LogP contribution in [-0.2, 0) is 0 Å². The van der Waals surface area contributed by atoms with Crippen molar-refractivity contribution in [3.8, 4) is 0 Å². The highest BCUT2D eigenvalue weighted by Crippen LogP contribution is 2.40. The summed E-state index contributed by atoms with van der Waals surface area (Å²) >= 11 is 0. The van der Waals surface area contributed by atoms with E-state index < -0.39 is 0 Å². The second kappa shape index (κ2) is 5.11. The van der Waals surface area contributed by atoms with E-state index in [2.05, 4.69) is 52.0 Å². The van der Waals surface area contributed by atoms with Gasteiger partial charge in [0.05, 0.1) is 0 Å². The van der Waals surface area contributed by atoms with Gasteiger partial charge in [-0.3, -0.25) is 0 Å². The zero-order valence-corrected chi connectivity index (χ0v) is 11.8. The summed E-state index contributed by atoms with van der Waals surface area (Å²) in [6, 6.07) is 10.5. The molecule has 2 N–H and O–H groups in total. The summed E-state index contributed by atoms with van der Waals surface area (Å²) in [6.45, 7) is 8.94. The molecule has 0 aromatic heterocycles. The number of nitrogens with two attached hydrogens (primary N) is 1. The monoisotopic (exact) mass is 241 g/mol. The van der Waals surface area contributed by atoms with Crippen LogP contribution in [0.2, 0.25) is 0 Å². The van der Waals surface area contributed by atoms with Crippen molar-refractivity contribution in [1.29, 1.82) is 0 Å². The van der Waals surface area contributed by atoms with Crippen molar-refractivity contribution in [2.45, 2.75) is 40.2 Å². The van der Waals surface area contributed by atoms with Gasteiger partial charge in [-0.1, -0.05) is 41.5 Å². The first kappa shape index (κ1) is 13.1. The summed E-state index contributed by atoms with van der Waals surface area (Å²) in [7, 11) is 0. The lowest BCUT2D eigenvalue weighted by atomic mass is 9.88. The van der Waals surface area contributed by atoms with Crippen LogP contribution >= 0.6 is 0 Å². The lowest BCUT2D eigenvalue weighted by Gasteiger charge is -2.20. The molecule has 1 atom stereocenters. The largest absolute Gasteiger partial charge is 0.324 e. The van der Waals surface area contributed by atoms with Crippen molar-refractivity contribution in [3.05, 3.63) is 58.2 Å². The Balaban J connectivity index is 2.17. The van der Waals surface area contributed by atoms with Crippen LogP contribution in [0, 0.1) is 5.92 Å². The van der Waals surface area contributed by atoms with Gasteiger partial charge in [0.2, 0.25) is 0 Å². The van der Waals surface area contributed by atoms with Crippen LogP contribution in [0.25, 0.3) is 0 Å². The summed E-state index contributed by atoms with van der Waals surface area (Å²) in [5.41, 5.74) is 13.5. The third kappa shape index (κ3) is 2.28. The summed E-state index contributed by atoms with van der Waals surface area (Å²) in [5.74, 6) is 0.528. The summed E-state index contributed by atoms with van der Waals surface area (Å²) in [6.07, 6.45) is 1.01. The van der Waals surface area contributed by atoms with E-state index in [0.717, 1.165) is 6.42 Å². The van der Waals surface area contributed by atoms with Crippen molar-refractivity contribution in [1.82, 2.24) is 0 Å². The van der Waals surface area contributed by atoms with Crippen LogP contribution in [0.1, 0.15) is 45.7 Å². The van der Waals surface area contributed by atoms with Crippen LogP contribution in [0.15, 0.2) is 52.6 Å². The maximum absolute atomic E-state index is 6.34. The van der Waals surface area contributed by atoms with Gasteiger partial charge in [0.25, 0.3) is 0 Å². The fourth-order valence-electron chi connectivity index (χ4n) is 2.88. The third-order valence-corrected chi connectivity index (χ3v) is 4.51. The highest BCUT2D eigenvalue weighted by molar-refractivity contribution is 5.46. The van der Waals surface area contributed by atoms with Crippen LogP contribution in [0.3, 0.4) is 0 Å². The van der Waals surface area contributed by atoms with E-state index in [1.807, 2.05) is 6.07 Å². The van der Waals surface area contributed by atoms with E-state index in [1.54, 1.807) is 0 Å². The first-order valence-electron chi connectivity index (χ1n) is 6.68. The second-order valence-corrected chi connectivity index (χ2v) is 5.42. The fraction of sp³-hybridized carbons (Fsp3) is 0.412. The Morgan fingerprint density at radius 2 is 1.44 bits per heavy atom. The minimum Gasteiger partial charge on any atom is -0.324 e. The standard InChI is InChI=1S/C17H23N/c1-11-12(2)14(4)16(13(11)3)10-17(18)15-8-6-5-7-9-15/h5-9,16-17H,10,18H2,1-4H3. The molecule has 2 rings (SSSR count). The highest BCUT2D eigenvalue weighted by Gasteiger charge is 2.26. The summed E-state index contributed by atoms with van der Waals surface area (Å²) in [5, 5.41) is 0. The predicted octanol–water partition coefficient (Wildman–Crippen LogP) is 4.38. The van der Waals surface area contributed by atoms with E-state index in [-0.39, 0.29) is 6.04 Å². The van der Waals surface area contributed by atoms with Crippen molar-refractivity contribution in [2.24, 2.45) is 11.7 Å². The Morgan fingerprint density at radius 1 is 0.944 bits per heavy atom. The molecule has 18 heavy (non-hydrogen) atoms. The number of allylic oxidation sites excluding steroid dienone is 4. The zero-order chi connectivity index (χ0) is 13.3. The van der Waals surface area contributed by atoms with Gasteiger partial charge >= 0.3 is 0 Å². The fourth-order valence-corrected chi connectivity index (χ4v) is 2.88. The molecule has 1 nitrogen and oxygen atoms in total. The summed E-state index contributed by atoms with van der Waals surface area (Å²) in [4.78, 5) is 0. The highest BCUT2D eigenvalue weighted by atomic mass is 14.6. The SMILES string of the molecule is CC1=C(C)C(CC(N)c2ccccc2)C(C)=C1C. The molecule has 1 heteroatoms. The molecule has 0 aliphatic heterocycles. The molecule has 0 amide bonds. The number of hydrogen-bond donors (Lipinski definition) is 1. The second-order valence-electron chi connectivity index (χ2n) is 5.42. The van der Waals surface area contributed by atoms with Gasteiger partial charge in [0.15, 0.2) is 0 Å². The Bertz CT molecular complexity index is 470. The van der Waals surface area contributed by atoms with Crippen molar-refractivity contribution >= 4 is 0 Å². The minimum atomic E-state index is 0.125. The van der Waals surface area contributed by atoms with Crippen LogP contribution in [0.5, 0.6) is 0 Å². The van der Waals surface area contributed by atoms with Crippen molar-refractivity contribution < 1.29 is 0 Å². The molecule has 1 aromatic rings. The van der Waals surface area contributed by atoms with Crippen LogP contribution in [-0.4, -0.2) is 0 Å². The van der Waals surface area contributed by atoms with Gasteiger partial charge in [-0.15, -0.1) is 0 Å². The quantitative estimate of drug-likeness (QED) is 0.835. The van der Waals surface area contributed by atoms with Gasteiger partial charge in [-0.2, -0.15) is 0 Å². The average Bonchev–Trinajstić information content (AvgIpc) is 2.57. The molecule has 1 aromatic carbocycles. The van der Waals surface area contributed by atoms with E-state index in [0.29, 0.717) is 5.92 Å². The Labute approximate surface area is 110 Å². The molecule has 0 heterocycles. The molecular formula is C17H23N. The van der Waals surface area contributed by atoms with Gasteiger partial charge in [0.1, 0.15) is 0 Å². The molecule has 0 radical (unpaired) electrons. The maximum Gasteiger partial charge on any atom is 0.0303 e. The molecule has 1 aliphatic carbocycles. The lowest BCUT2D eigenvalue weighted by Crippen LogP contribution is -2.16. The third-order valence-electron chi connectivity index (χ3n) is 4.51. The maximum atomic E-state index is 6.34. The first-order chi connectivity index (χ1) is 8.52. The average molecular weight is 241 g/mol. The molecule has 0 saturated carbocycles. The molecule has 1 unspecified atom stereocenters. The van der Waals surface area contributed by atoms with Crippen LogP contribution in [0.4, 0.5) is 0 Å². The Morgan fingerprint density at radius 3 is 1.94 bits per heavy atom. The normalized spacial score (nSPS) is 18.7. The molecule has 0 spiro atoms. The van der Waals surface area contributed by atoms with Crippen molar-refractivity contribution in [2.75, 3.05) is 0 Å². The topological polar surface area (TPSA) is 26.0 Å². The zero-order valence-electron chi connectivity index (χ0n) is 11.8. The molecule has 1 aliphatic rings. The molecular weight excluding hydrogens is 218 g/mol. The van der Waals surface area contributed by atoms with E-state index in [1.165, 1.54) is 27.9 Å². The van der Waals surface area contributed by atoms with E-state index in [4.69, 9.17) is 5.73 Å². The van der Waals surface area contributed by atoms with Gasteiger partial charge in [-0.25, -0.2) is 0 Å². The number of hydrogen-bond acceptors (Lipinski definition) is 1. The first-order valence-corrected chi connectivity index (χ1v) is 6.68. The van der Waals surface area contributed by atoms with Crippen molar-refractivity contribution in [3.63, 3.8) is 0 Å². The number of benzene rings is 1. The lowest BCUT2D eigenvalue weighted by molar-refractivity contribution is 0.552. The number of rotatable bonds is 3. The summed E-state index contributed by atoms with van der Waals surface area (Å²) < 4.78 is 0.